The number of nitrogens with zero attached hydrogens (tertiary/aromatic N) is 1. The number of hydrogen-bond donors (Lipinski definition) is 0. The molecule has 0 radical (unpaired) electrons. The summed E-state index contributed by atoms with van der Waals surface area (Å²) in [6.07, 6.45) is 8.81. The van der Waals surface area contributed by atoms with Crippen LogP contribution in [0, 0.1) is 18.3 Å². The molecule has 0 bridgehead atoms. The molecule has 1 aliphatic heterocycles. The Morgan fingerprint density at radius 2 is 2.43 bits per heavy atom. The molecule has 1 rings (SSSR count). The fourth-order valence-corrected chi connectivity index (χ4v) is 1.94. The number of terminal acetylenes is 1. The van der Waals surface area contributed by atoms with Gasteiger partial charge in [-0.05, 0) is 19.4 Å². The quantitative estimate of drug-likeness (QED) is 0.500. The number of rotatable bonds is 4. The second kappa shape index (κ2) is 5.82. The number of ketones is 1. The fourth-order valence-electron chi connectivity index (χ4n) is 1.94. The van der Waals surface area contributed by atoms with E-state index in [0.717, 1.165) is 45.3 Å². The van der Waals surface area contributed by atoms with Gasteiger partial charge in [0.2, 0.25) is 0 Å². The van der Waals surface area contributed by atoms with Crippen LogP contribution < -0.4 is 0 Å². The van der Waals surface area contributed by atoms with Crippen molar-refractivity contribution in [3.05, 3.63) is 0 Å². The van der Waals surface area contributed by atoms with Gasteiger partial charge in [0.25, 0.3) is 0 Å². The van der Waals surface area contributed by atoms with Crippen LogP contribution in [0.1, 0.15) is 32.6 Å². The number of carbonyl (C=O) groups excluding carboxylic acids is 1. The smallest absolute Gasteiger partial charge is 0.138 e. The molecule has 0 aliphatic carbocycles. The number of carbonyl (C=O) groups is 1. The monoisotopic (exact) mass is 193 g/mol. The Hall–Kier alpha value is -0.810. The lowest BCUT2D eigenvalue weighted by molar-refractivity contribution is -0.126. The van der Waals surface area contributed by atoms with E-state index in [1.165, 1.54) is 0 Å². The van der Waals surface area contributed by atoms with E-state index in [1.807, 2.05) is 0 Å². The molecule has 0 aromatic heterocycles. The molecule has 0 saturated carbocycles. The molecule has 1 unspecified atom stereocenters. The minimum Gasteiger partial charge on any atom is -0.302 e. The van der Waals surface area contributed by atoms with Crippen molar-refractivity contribution in [2.45, 2.75) is 32.6 Å². The van der Waals surface area contributed by atoms with Gasteiger partial charge in [0, 0.05) is 31.8 Å². The first-order chi connectivity index (χ1) is 6.77. The minimum absolute atomic E-state index is 0.273. The van der Waals surface area contributed by atoms with Crippen LogP contribution in [-0.2, 0) is 4.79 Å². The Kier molecular flexibility index (Phi) is 4.69. The lowest BCUT2D eigenvalue weighted by Crippen LogP contribution is -2.40. The molecule has 0 aromatic carbocycles. The first-order valence-corrected chi connectivity index (χ1v) is 5.46. The summed E-state index contributed by atoms with van der Waals surface area (Å²) in [5.74, 6) is 3.37. The Morgan fingerprint density at radius 3 is 3.07 bits per heavy atom. The lowest BCUT2D eigenvalue weighted by Gasteiger charge is -2.30. The van der Waals surface area contributed by atoms with Crippen molar-refractivity contribution in [1.82, 2.24) is 4.90 Å². The van der Waals surface area contributed by atoms with E-state index in [2.05, 4.69) is 17.7 Å². The summed E-state index contributed by atoms with van der Waals surface area (Å²) in [4.78, 5) is 13.8. The van der Waals surface area contributed by atoms with Gasteiger partial charge >= 0.3 is 0 Å². The zero-order valence-electron chi connectivity index (χ0n) is 8.96. The third-order valence-electron chi connectivity index (χ3n) is 2.90. The van der Waals surface area contributed by atoms with Gasteiger partial charge in [-0.15, -0.1) is 12.3 Å². The largest absolute Gasteiger partial charge is 0.302 e. The summed E-state index contributed by atoms with van der Waals surface area (Å²) in [7, 11) is 0. The third-order valence-corrected chi connectivity index (χ3v) is 2.90. The minimum atomic E-state index is 0.273. The van der Waals surface area contributed by atoms with Crippen LogP contribution in [0.25, 0.3) is 0 Å². The van der Waals surface area contributed by atoms with Crippen molar-refractivity contribution in [2.24, 2.45) is 5.92 Å². The topological polar surface area (TPSA) is 20.3 Å². The Bertz CT molecular complexity index is 229. The average molecular weight is 193 g/mol. The summed E-state index contributed by atoms with van der Waals surface area (Å²) in [5.41, 5.74) is 0. The molecule has 0 spiro atoms. The summed E-state index contributed by atoms with van der Waals surface area (Å²) in [6, 6.07) is 0. The van der Waals surface area contributed by atoms with Gasteiger partial charge in [0.1, 0.15) is 5.78 Å². The molecule has 1 saturated heterocycles. The maximum Gasteiger partial charge on any atom is 0.138 e. The second-order valence-corrected chi connectivity index (χ2v) is 3.93. The molecule has 14 heavy (non-hydrogen) atoms. The first-order valence-electron chi connectivity index (χ1n) is 5.46. The molecule has 1 heterocycles. The molecular weight excluding hydrogens is 174 g/mol. The molecule has 0 amide bonds. The Morgan fingerprint density at radius 1 is 1.64 bits per heavy atom. The van der Waals surface area contributed by atoms with Crippen LogP contribution in [0.15, 0.2) is 0 Å². The Labute approximate surface area is 86.7 Å². The van der Waals surface area contributed by atoms with Gasteiger partial charge in [-0.2, -0.15) is 0 Å². The molecule has 1 aliphatic rings. The van der Waals surface area contributed by atoms with E-state index in [9.17, 15) is 4.79 Å². The first kappa shape index (κ1) is 11.3. The lowest BCUT2D eigenvalue weighted by atomic mass is 9.94. The normalized spacial score (nSPS) is 23.4. The zero-order valence-corrected chi connectivity index (χ0v) is 8.96. The van der Waals surface area contributed by atoms with Crippen LogP contribution in [0.3, 0.4) is 0 Å². The highest BCUT2D eigenvalue weighted by molar-refractivity contribution is 5.82. The van der Waals surface area contributed by atoms with Crippen molar-refractivity contribution in [3.8, 4) is 12.3 Å². The van der Waals surface area contributed by atoms with Gasteiger partial charge in [-0.3, -0.25) is 4.79 Å². The molecule has 2 nitrogen and oxygen atoms in total. The summed E-state index contributed by atoms with van der Waals surface area (Å²) >= 11 is 0. The molecule has 78 valence electrons. The van der Waals surface area contributed by atoms with Gasteiger partial charge in [0.05, 0.1) is 0 Å². The van der Waals surface area contributed by atoms with Crippen LogP contribution in [-0.4, -0.2) is 30.3 Å². The second-order valence-electron chi connectivity index (χ2n) is 3.93. The van der Waals surface area contributed by atoms with Crippen LogP contribution in [0.2, 0.25) is 0 Å². The van der Waals surface area contributed by atoms with E-state index < -0.39 is 0 Å². The van der Waals surface area contributed by atoms with E-state index in [0.29, 0.717) is 5.78 Å². The SMILES string of the molecule is C#CCCCN1CCC(=O)C(CC)C1. The number of likely N-dealkylation sites (tertiary alicyclic amines) is 1. The molecule has 0 aromatic rings. The van der Waals surface area contributed by atoms with E-state index >= 15 is 0 Å². The standard InChI is InChI=1S/C12H19NO/c1-3-5-6-8-13-9-7-12(14)11(4-2)10-13/h1,11H,4-10H2,2H3. The van der Waals surface area contributed by atoms with Gasteiger partial charge in [0.15, 0.2) is 0 Å². The predicted octanol–water partition coefficient (Wildman–Crippen LogP) is 1.70. The van der Waals surface area contributed by atoms with Crippen LogP contribution in [0.5, 0.6) is 0 Å². The average Bonchev–Trinajstić information content (AvgIpc) is 2.21. The van der Waals surface area contributed by atoms with Gasteiger partial charge in [-0.1, -0.05) is 6.92 Å². The maximum absolute atomic E-state index is 11.4. The highest BCUT2D eigenvalue weighted by Gasteiger charge is 2.24. The van der Waals surface area contributed by atoms with Crippen molar-refractivity contribution >= 4 is 5.78 Å². The number of unbranched alkanes of at least 4 members (excludes halogenated alkanes) is 1. The van der Waals surface area contributed by atoms with Crippen LogP contribution in [0.4, 0.5) is 0 Å². The number of hydrogen-bond acceptors (Lipinski definition) is 2. The molecule has 1 atom stereocenters. The molecule has 0 N–H and O–H groups in total. The van der Waals surface area contributed by atoms with Crippen molar-refractivity contribution in [3.63, 3.8) is 0 Å². The summed E-state index contributed by atoms with van der Waals surface area (Å²) in [5, 5.41) is 0. The summed E-state index contributed by atoms with van der Waals surface area (Å²) < 4.78 is 0. The van der Waals surface area contributed by atoms with E-state index in [4.69, 9.17) is 6.42 Å². The number of piperidine rings is 1. The van der Waals surface area contributed by atoms with Crippen LogP contribution >= 0.6 is 0 Å². The van der Waals surface area contributed by atoms with Crippen molar-refractivity contribution in [1.29, 1.82) is 0 Å². The summed E-state index contributed by atoms with van der Waals surface area (Å²) in [6.45, 7) is 5.02. The number of Topliss-reactive ketones (excluding diaryl/α,β-unsaturated/α-hetero) is 1. The van der Waals surface area contributed by atoms with Gasteiger partial charge < -0.3 is 4.90 Å². The predicted molar refractivity (Wildman–Crippen MR) is 57.9 cm³/mol. The highest BCUT2D eigenvalue weighted by atomic mass is 16.1. The van der Waals surface area contributed by atoms with E-state index in [1.54, 1.807) is 0 Å². The molecular formula is C12H19NO. The highest BCUT2D eigenvalue weighted by Crippen LogP contribution is 2.16. The molecule has 2 heteroatoms. The van der Waals surface area contributed by atoms with Crippen molar-refractivity contribution in [2.75, 3.05) is 19.6 Å². The maximum atomic E-state index is 11.4. The zero-order chi connectivity index (χ0) is 10.4. The third kappa shape index (κ3) is 3.16. The fraction of sp³-hybridized carbons (Fsp3) is 0.750. The molecule has 1 fully saturated rings. The van der Waals surface area contributed by atoms with Crippen molar-refractivity contribution < 1.29 is 4.79 Å². The van der Waals surface area contributed by atoms with E-state index in [-0.39, 0.29) is 5.92 Å². The van der Waals surface area contributed by atoms with Gasteiger partial charge in [-0.25, -0.2) is 0 Å². The Balaban J connectivity index is 2.28.